The molecule has 0 saturated carbocycles. The zero-order chi connectivity index (χ0) is 20.6. The summed E-state index contributed by atoms with van der Waals surface area (Å²) in [4.78, 5) is 12.0. The second-order valence-electron chi connectivity index (χ2n) is 6.51. The van der Waals surface area contributed by atoms with E-state index in [9.17, 15) is 4.79 Å². The van der Waals surface area contributed by atoms with E-state index in [2.05, 4.69) is 11.4 Å². The molecule has 142 valence electrons. The summed E-state index contributed by atoms with van der Waals surface area (Å²) in [5, 5.41) is 20.6. The van der Waals surface area contributed by atoms with Gasteiger partial charge in [-0.25, -0.2) is 0 Å². The van der Waals surface area contributed by atoms with Crippen LogP contribution in [0.25, 0.3) is 11.1 Å². The first kappa shape index (κ1) is 19.7. The second kappa shape index (κ2) is 9.21. The lowest BCUT2D eigenvalue weighted by atomic mass is 9.99. The van der Waals surface area contributed by atoms with Gasteiger partial charge in [0.25, 0.3) is 0 Å². The van der Waals surface area contributed by atoms with E-state index in [1.54, 1.807) is 30.3 Å². The molecular formula is C24H19N3O2. The molecule has 0 aliphatic heterocycles. The van der Waals surface area contributed by atoms with Crippen molar-refractivity contribution in [2.75, 3.05) is 11.9 Å². The Hall–Kier alpha value is -4.09. The Morgan fingerprint density at radius 1 is 0.966 bits per heavy atom. The molecular weight excluding hydrogens is 362 g/mol. The Balaban J connectivity index is 1.53. The number of amides is 1. The van der Waals surface area contributed by atoms with Crippen LogP contribution in [-0.4, -0.2) is 12.5 Å². The van der Waals surface area contributed by atoms with Crippen molar-refractivity contribution in [3.63, 3.8) is 0 Å². The van der Waals surface area contributed by atoms with Gasteiger partial charge in [0.05, 0.1) is 36.3 Å². The maximum Gasteiger partial charge on any atom is 0.227 e. The van der Waals surface area contributed by atoms with Crippen molar-refractivity contribution in [3.05, 3.63) is 83.4 Å². The maximum absolute atomic E-state index is 12.0. The third-order valence-electron chi connectivity index (χ3n) is 4.39. The first-order valence-electron chi connectivity index (χ1n) is 9.13. The molecule has 0 bridgehead atoms. The standard InChI is InChI=1S/C24H19N3O2/c1-17-13-19(16-26)5-10-23(17)20-6-8-22(9-7-20)29-12-11-24(28)27-21-4-2-3-18(14-21)15-25/h2-10,13-14H,11-12H2,1H3,(H,27,28). The summed E-state index contributed by atoms with van der Waals surface area (Å²) in [7, 11) is 0. The zero-order valence-electron chi connectivity index (χ0n) is 16.0. The molecule has 0 atom stereocenters. The normalized spacial score (nSPS) is 9.90. The average molecular weight is 381 g/mol. The SMILES string of the molecule is Cc1cc(C#N)ccc1-c1ccc(OCCC(=O)Nc2cccc(C#N)c2)cc1. The van der Waals surface area contributed by atoms with Crippen LogP contribution in [0.2, 0.25) is 0 Å². The van der Waals surface area contributed by atoms with Crippen LogP contribution in [0.3, 0.4) is 0 Å². The molecule has 0 saturated heterocycles. The highest BCUT2D eigenvalue weighted by Crippen LogP contribution is 2.26. The number of carbonyl (C=O) groups excluding carboxylic acids is 1. The number of hydrogen-bond donors (Lipinski definition) is 1. The molecule has 3 rings (SSSR count). The first-order valence-corrected chi connectivity index (χ1v) is 9.13. The summed E-state index contributed by atoms with van der Waals surface area (Å²) < 4.78 is 5.66. The van der Waals surface area contributed by atoms with Crippen LogP contribution in [0.15, 0.2) is 66.7 Å². The lowest BCUT2D eigenvalue weighted by molar-refractivity contribution is -0.116. The number of nitrogens with one attached hydrogen (secondary N) is 1. The van der Waals surface area contributed by atoms with Crippen LogP contribution in [0, 0.1) is 29.6 Å². The van der Waals surface area contributed by atoms with E-state index in [1.807, 2.05) is 49.4 Å². The number of anilines is 1. The molecule has 1 N–H and O–H groups in total. The van der Waals surface area contributed by atoms with Crippen LogP contribution in [0.5, 0.6) is 5.75 Å². The van der Waals surface area contributed by atoms with Gasteiger partial charge in [0, 0.05) is 5.69 Å². The van der Waals surface area contributed by atoms with Crippen molar-refractivity contribution in [1.29, 1.82) is 10.5 Å². The number of rotatable bonds is 6. The largest absolute Gasteiger partial charge is 0.493 e. The molecule has 29 heavy (non-hydrogen) atoms. The lowest BCUT2D eigenvalue weighted by Gasteiger charge is -2.10. The molecule has 5 heteroatoms. The van der Waals surface area contributed by atoms with Gasteiger partial charge in [0.15, 0.2) is 0 Å². The molecule has 0 aromatic heterocycles. The Morgan fingerprint density at radius 2 is 1.69 bits per heavy atom. The minimum absolute atomic E-state index is 0.176. The summed E-state index contributed by atoms with van der Waals surface area (Å²) >= 11 is 0. The van der Waals surface area contributed by atoms with Crippen molar-refractivity contribution >= 4 is 11.6 Å². The van der Waals surface area contributed by atoms with E-state index in [0.717, 1.165) is 16.7 Å². The van der Waals surface area contributed by atoms with E-state index < -0.39 is 0 Å². The van der Waals surface area contributed by atoms with E-state index in [4.69, 9.17) is 15.3 Å². The fourth-order valence-corrected chi connectivity index (χ4v) is 2.94. The Morgan fingerprint density at radius 3 is 2.38 bits per heavy atom. The van der Waals surface area contributed by atoms with E-state index in [0.29, 0.717) is 22.6 Å². The summed E-state index contributed by atoms with van der Waals surface area (Å²) in [5.41, 5.74) is 4.87. The van der Waals surface area contributed by atoms with Crippen LogP contribution >= 0.6 is 0 Å². The third kappa shape index (κ3) is 5.22. The van der Waals surface area contributed by atoms with Gasteiger partial charge in [-0.2, -0.15) is 10.5 Å². The molecule has 0 aliphatic carbocycles. The number of nitriles is 2. The molecule has 0 aliphatic rings. The van der Waals surface area contributed by atoms with Crippen LogP contribution in [-0.2, 0) is 4.79 Å². The number of ether oxygens (including phenoxy) is 1. The predicted octanol–water partition coefficient (Wildman–Crippen LogP) is 4.81. The summed E-state index contributed by atoms with van der Waals surface area (Å²) in [6.07, 6.45) is 0.202. The van der Waals surface area contributed by atoms with Gasteiger partial charge in [-0.3, -0.25) is 4.79 Å². The Kier molecular flexibility index (Phi) is 6.25. The molecule has 0 fully saturated rings. The Labute approximate surface area is 169 Å². The molecule has 0 heterocycles. The summed E-state index contributed by atoms with van der Waals surface area (Å²) in [5.74, 6) is 0.504. The number of carbonyl (C=O) groups is 1. The lowest BCUT2D eigenvalue weighted by Crippen LogP contribution is -2.15. The summed E-state index contributed by atoms with van der Waals surface area (Å²) in [6.45, 7) is 2.23. The van der Waals surface area contributed by atoms with Crippen LogP contribution in [0.4, 0.5) is 5.69 Å². The van der Waals surface area contributed by atoms with Gasteiger partial charge >= 0.3 is 0 Å². The quantitative estimate of drug-likeness (QED) is 0.664. The minimum Gasteiger partial charge on any atom is -0.493 e. The fraction of sp³-hybridized carbons (Fsp3) is 0.125. The highest BCUT2D eigenvalue weighted by atomic mass is 16.5. The molecule has 0 spiro atoms. The van der Waals surface area contributed by atoms with Crippen molar-refractivity contribution in [2.45, 2.75) is 13.3 Å². The molecule has 1 amide bonds. The van der Waals surface area contributed by atoms with Gasteiger partial charge in [-0.05, 0) is 66.1 Å². The topological polar surface area (TPSA) is 85.9 Å². The molecule has 3 aromatic carbocycles. The van der Waals surface area contributed by atoms with Gasteiger partial charge in [-0.15, -0.1) is 0 Å². The Bertz CT molecular complexity index is 1110. The van der Waals surface area contributed by atoms with Crippen molar-refractivity contribution < 1.29 is 9.53 Å². The zero-order valence-corrected chi connectivity index (χ0v) is 16.0. The van der Waals surface area contributed by atoms with Crippen molar-refractivity contribution in [3.8, 4) is 29.0 Å². The summed E-state index contributed by atoms with van der Waals surface area (Å²) in [6, 6.07) is 24.2. The monoisotopic (exact) mass is 381 g/mol. The number of aryl methyl sites for hydroxylation is 1. The second-order valence-corrected chi connectivity index (χ2v) is 6.51. The molecule has 0 radical (unpaired) electrons. The highest BCUT2D eigenvalue weighted by Gasteiger charge is 2.06. The predicted molar refractivity (Wildman–Crippen MR) is 111 cm³/mol. The van der Waals surface area contributed by atoms with E-state index >= 15 is 0 Å². The number of benzene rings is 3. The maximum atomic E-state index is 12.0. The van der Waals surface area contributed by atoms with E-state index in [-0.39, 0.29) is 18.9 Å². The molecule has 3 aromatic rings. The number of nitrogens with zero attached hydrogens (tertiary/aromatic N) is 2. The van der Waals surface area contributed by atoms with Gasteiger partial charge in [0.2, 0.25) is 5.91 Å². The molecule has 5 nitrogen and oxygen atoms in total. The average Bonchev–Trinajstić information content (AvgIpc) is 2.74. The van der Waals surface area contributed by atoms with E-state index in [1.165, 1.54) is 0 Å². The van der Waals surface area contributed by atoms with Crippen molar-refractivity contribution in [2.24, 2.45) is 0 Å². The van der Waals surface area contributed by atoms with Crippen molar-refractivity contribution in [1.82, 2.24) is 0 Å². The smallest absolute Gasteiger partial charge is 0.227 e. The van der Waals surface area contributed by atoms with Gasteiger partial charge in [-0.1, -0.05) is 24.3 Å². The third-order valence-corrected chi connectivity index (χ3v) is 4.39. The minimum atomic E-state index is -0.176. The first-order chi connectivity index (χ1) is 14.1. The fourth-order valence-electron chi connectivity index (χ4n) is 2.94. The molecule has 0 unspecified atom stereocenters. The van der Waals surface area contributed by atoms with Gasteiger partial charge < -0.3 is 10.1 Å². The van der Waals surface area contributed by atoms with Crippen LogP contribution in [0.1, 0.15) is 23.1 Å². The van der Waals surface area contributed by atoms with Gasteiger partial charge in [0.1, 0.15) is 5.75 Å². The highest BCUT2D eigenvalue weighted by molar-refractivity contribution is 5.90. The number of hydrogen-bond acceptors (Lipinski definition) is 4. The van der Waals surface area contributed by atoms with Crippen LogP contribution < -0.4 is 10.1 Å².